The van der Waals surface area contributed by atoms with Crippen molar-refractivity contribution in [2.75, 3.05) is 32.4 Å². The summed E-state index contributed by atoms with van der Waals surface area (Å²) in [4.78, 5) is 14.5. The van der Waals surface area contributed by atoms with Gasteiger partial charge in [-0.05, 0) is 45.1 Å². The van der Waals surface area contributed by atoms with Crippen molar-refractivity contribution in [1.29, 1.82) is 0 Å². The van der Waals surface area contributed by atoms with Gasteiger partial charge in [-0.3, -0.25) is 4.79 Å². The number of sulfonamides is 1. The molecule has 0 aliphatic carbocycles. The van der Waals surface area contributed by atoms with Crippen LogP contribution in [0.4, 0.5) is 0 Å². The molecule has 2 N–H and O–H groups in total. The van der Waals surface area contributed by atoms with Gasteiger partial charge in [0.2, 0.25) is 15.9 Å². The molecule has 2 saturated heterocycles. The molecular formula is C13H25N3O3S. The summed E-state index contributed by atoms with van der Waals surface area (Å²) in [6.45, 7) is 4.73. The second-order valence-electron chi connectivity index (χ2n) is 6.24. The summed E-state index contributed by atoms with van der Waals surface area (Å²) in [7, 11) is -3.15. The topological polar surface area (TPSA) is 78.5 Å². The summed E-state index contributed by atoms with van der Waals surface area (Å²) in [6.07, 6.45) is 5.00. The summed E-state index contributed by atoms with van der Waals surface area (Å²) in [6, 6.07) is 0. The molecule has 2 aliphatic rings. The first-order chi connectivity index (χ1) is 9.30. The monoisotopic (exact) mass is 303 g/mol. The van der Waals surface area contributed by atoms with Crippen LogP contribution in [0.25, 0.3) is 0 Å². The van der Waals surface area contributed by atoms with Crippen molar-refractivity contribution >= 4 is 15.9 Å². The fourth-order valence-electron chi connectivity index (χ4n) is 3.11. The van der Waals surface area contributed by atoms with E-state index in [9.17, 15) is 13.2 Å². The molecule has 0 spiro atoms. The first-order valence-electron chi connectivity index (χ1n) is 7.29. The number of rotatable bonds is 4. The molecule has 0 aromatic rings. The fraction of sp³-hybridized carbons (Fsp3) is 0.923. The van der Waals surface area contributed by atoms with E-state index in [0.717, 1.165) is 38.8 Å². The second-order valence-corrected chi connectivity index (χ2v) is 8.08. The van der Waals surface area contributed by atoms with Crippen LogP contribution in [0.1, 0.15) is 32.6 Å². The predicted molar refractivity (Wildman–Crippen MR) is 77.8 cm³/mol. The van der Waals surface area contributed by atoms with E-state index in [1.54, 1.807) is 0 Å². The maximum atomic E-state index is 12.6. The van der Waals surface area contributed by atoms with Crippen molar-refractivity contribution in [3.8, 4) is 0 Å². The summed E-state index contributed by atoms with van der Waals surface area (Å²) in [5, 5.41) is 3.30. The highest BCUT2D eigenvalue weighted by molar-refractivity contribution is 7.88. The Morgan fingerprint density at radius 1 is 1.45 bits per heavy atom. The average molecular weight is 303 g/mol. The standard InChI is InChI=1S/C13H25N3O3S/c1-13(6-4-7-14-13)12(17)16-8-3-5-11(10-16)9-15-20(2,18)19/h11,14-15H,3-10H2,1-2H3. The third-order valence-corrected chi connectivity index (χ3v) is 4.97. The molecule has 0 aromatic carbocycles. The molecule has 2 rings (SSSR count). The van der Waals surface area contributed by atoms with Gasteiger partial charge in [-0.1, -0.05) is 0 Å². The van der Waals surface area contributed by atoms with Crippen LogP contribution in [0.2, 0.25) is 0 Å². The Labute approximate surface area is 121 Å². The lowest BCUT2D eigenvalue weighted by molar-refractivity contribution is -0.139. The van der Waals surface area contributed by atoms with Crippen LogP contribution in [0.15, 0.2) is 0 Å². The largest absolute Gasteiger partial charge is 0.341 e. The maximum absolute atomic E-state index is 12.6. The Balaban J connectivity index is 1.91. The van der Waals surface area contributed by atoms with Crippen molar-refractivity contribution in [3.63, 3.8) is 0 Å². The Kier molecular flexibility index (Phi) is 4.71. The molecule has 2 aliphatic heterocycles. The number of amides is 1. The minimum atomic E-state index is -3.15. The summed E-state index contributed by atoms with van der Waals surface area (Å²) >= 11 is 0. The number of nitrogens with zero attached hydrogens (tertiary/aromatic N) is 1. The Hall–Kier alpha value is -0.660. The molecule has 0 saturated carbocycles. The van der Waals surface area contributed by atoms with Crippen LogP contribution in [0, 0.1) is 5.92 Å². The number of hydrogen-bond acceptors (Lipinski definition) is 4. The molecule has 2 atom stereocenters. The van der Waals surface area contributed by atoms with Crippen molar-refractivity contribution < 1.29 is 13.2 Å². The molecule has 0 radical (unpaired) electrons. The van der Waals surface area contributed by atoms with Gasteiger partial charge in [0.25, 0.3) is 0 Å². The summed E-state index contributed by atoms with van der Waals surface area (Å²) < 4.78 is 24.8. The van der Waals surface area contributed by atoms with Gasteiger partial charge in [0.15, 0.2) is 0 Å². The fourth-order valence-corrected chi connectivity index (χ4v) is 3.65. The van der Waals surface area contributed by atoms with E-state index in [0.29, 0.717) is 13.1 Å². The molecule has 1 amide bonds. The van der Waals surface area contributed by atoms with Crippen LogP contribution < -0.4 is 10.0 Å². The lowest BCUT2D eigenvalue weighted by atomic mass is 9.93. The number of carbonyl (C=O) groups is 1. The van der Waals surface area contributed by atoms with Gasteiger partial charge in [0, 0.05) is 19.6 Å². The van der Waals surface area contributed by atoms with Gasteiger partial charge in [0.05, 0.1) is 11.8 Å². The zero-order valence-corrected chi connectivity index (χ0v) is 13.1. The van der Waals surface area contributed by atoms with Crippen LogP contribution in [-0.2, 0) is 14.8 Å². The highest BCUT2D eigenvalue weighted by Gasteiger charge is 2.40. The third kappa shape index (κ3) is 3.93. The van der Waals surface area contributed by atoms with Gasteiger partial charge in [-0.15, -0.1) is 0 Å². The SMILES string of the molecule is CC1(C(=O)N2CCCC(CNS(C)(=O)=O)C2)CCCN1. The molecule has 2 heterocycles. The summed E-state index contributed by atoms with van der Waals surface area (Å²) in [5.41, 5.74) is -0.424. The van der Waals surface area contributed by atoms with E-state index < -0.39 is 15.6 Å². The molecule has 2 fully saturated rings. The second kappa shape index (κ2) is 5.99. The lowest BCUT2D eigenvalue weighted by Crippen LogP contribution is -2.55. The molecule has 6 nitrogen and oxygen atoms in total. The quantitative estimate of drug-likeness (QED) is 0.761. The van der Waals surface area contributed by atoms with E-state index in [-0.39, 0.29) is 11.8 Å². The third-order valence-electron chi connectivity index (χ3n) is 4.28. The van der Waals surface area contributed by atoms with Gasteiger partial charge >= 0.3 is 0 Å². The van der Waals surface area contributed by atoms with Gasteiger partial charge in [-0.25, -0.2) is 13.1 Å². The minimum Gasteiger partial charge on any atom is -0.341 e. The number of hydrogen-bond donors (Lipinski definition) is 2. The zero-order valence-electron chi connectivity index (χ0n) is 12.3. The van der Waals surface area contributed by atoms with Crippen molar-refractivity contribution in [2.24, 2.45) is 5.92 Å². The number of carbonyl (C=O) groups excluding carboxylic acids is 1. The zero-order chi connectivity index (χ0) is 14.8. The van der Waals surface area contributed by atoms with E-state index in [1.807, 2.05) is 11.8 Å². The highest BCUT2D eigenvalue weighted by atomic mass is 32.2. The Morgan fingerprint density at radius 2 is 2.20 bits per heavy atom. The minimum absolute atomic E-state index is 0.166. The number of piperidine rings is 1. The van der Waals surface area contributed by atoms with E-state index in [1.165, 1.54) is 6.26 Å². The molecule has 116 valence electrons. The Bertz CT molecular complexity index is 457. The van der Waals surface area contributed by atoms with Crippen molar-refractivity contribution in [3.05, 3.63) is 0 Å². The highest BCUT2D eigenvalue weighted by Crippen LogP contribution is 2.24. The maximum Gasteiger partial charge on any atom is 0.242 e. The lowest BCUT2D eigenvalue weighted by Gasteiger charge is -2.37. The van der Waals surface area contributed by atoms with Crippen LogP contribution >= 0.6 is 0 Å². The van der Waals surface area contributed by atoms with Gasteiger partial charge in [0.1, 0.15) is 0 Å². The van der Waals surface area contributed by atoms with Crippen LogP contribution in [-0.4, -0.2) is 57.2 Å². The van der Waals surface area contributed by atoms with Gasteiger partial charge in [-0.2, -0.15) is 0 Å². The molecule has 2 unspecified atom stereocenters. The van der Waals surface area contributed by atoms with Crippen molar-refractivity contribution in [2.45, 2.75) is 38.1 Å². The van der Waals surface area contributed by atoms with Crippen molar-refractivity contribution in [1.82, 2.24) is 14.9 Å². The molecular weight excluding hydrogens is 278 g/mol. The first kappa shape index (κ1) is 15.7. The van der Waals surface area contributed by atoms with Gasteiger partial charge < -0.3 is 10.2 Å². The summed E-state index contributed by atoms with van der Waals surface area (Å²) in [5.74, 6) is 0.381. The molecule has 0 bridgehead atoms. The normalized spacial score (nSPS) is 31.5. The van der Waals surface area contributed by atoms with E-state index in [2.05, 4.69) is 10.0 Å². The first-order valence-corrected chi connectivity index (χ1v) is 9.18. The number of likely N-dealkylation sites (tertiary alicyclic amines) is 1. The van der Waals surface area contributed by atoms with Crippen LogP contribution in [0.5, 0.6) is 0 Å². The van der Waals surface area contributed by atoms with E-state index >= 15 is 0 Å². The molecule has 0 aromatic heterocycles. The smallest absolute Gasteiger partial charge is 0.242 e. The molecule has 20 heavy (non-hydrogen) atoms. The average Bonchev–Trinajstić information content (AvgIpc) is 2.83. The van der Waals surface area contributed by atoms with Crippen LogP contribution in [0.3, 0.4) is 0 Å². The predicted octanol–water partition coefficient (Wildman–Crippen LogP) is -0.0837. The number of nitrogens with one attached hydrogen (secondary N) is 2. The Morgan fingerprint density at radius 3 is 2.80 bits per heavy atom. The van der Waals surface area contributed by atoms with E-state index in [4.69, 9.17) is 0 Å². The molecule has 7 heteroatoms.